The van der Waals surface area contributed by atoms with Crippen molar-refractivity contribution in [2.24, 2.45) is 0 Å². The fourth-order valence-electron chi connectivity index (χ4n) is 2.59. The summed E-state index contributed by atoms with van der Waals surface area (Å²) in [5.41, 5.74) is 2.06. The Balaban J connectivity index is 2.21. The molecule has 2 rings (SSSR count). The highest BCUT2D eigenvalue weighted by Gasteiger charge is 2.19. The van der Waals surface area contributed by atoms with E-state index in [1.165, 1.54) is 0 Å². The van der Waals surface area contributed by atoms with Crippen molar-refractivity contribution < 1.29 is 18.9 Å². The van der Waals surface area contributed by atoms with Gasteiger partial charge < -0.3 is 23.9 Å². The van der Waals surface area contributed by atoms with Gasteiger partial charge in [0, 0.05) is 0 Å². The Morgan fingerprint density at radius 3 is 2.48 bits per heavy atom. The lowest BCUT2D eigenvalue weighted by Crippen LogP contribution is -1.97. The standard InChI is InChI=1S/C18H25NO4/c1-5-6-11-23-12-7-8-13-9-10-14-15(16(13)20-2)17(21-3)18(19-14)22-4/h6,9-11,19H,5,7-8,12H2,1-4H3. The fourth-order valence-corrected chi connectivity index (χ4v) is 2.59. The van der Waals surface area contributed by atoms with Crippen LogP contribution in [0.2, 0.25) is 0 Å². The molecule has 0 atom stereocenters. The lowest BCUT2D eigenvalue weighted by molar-refractivity contribution is 0.243. The summed E-state index contributed by atoms with van der Waals surface area (Å²) in [5, 5.41) is 0.913. The molecule has 0 radical (unpaired) electrons. The zero-order valence-corrected chi connectivity index (χ0v) is 14.3. The van der Waals surface area contributed by atoms with Crippen LogP contribution in [0.5, 0.6) is 17.4 Å². The van der Waals surface area contributed by atoms with Crippen molar-refractivity contribution in [3.05, 3.63) is 30.0 Å². The van der Waals surface area contributed by atoms with Crippen molar-refractivity contribution in [2.75, 3.05) is 27.9 Å². The van der Waals surface area contributed by atoms with Crippen molar-refractivity contribution in [3.8, 4) is 17.4 Å². The second-order valence-corrected chi connectivity index (χ2v) is 5.13. The summed E-state index contributed by atoms with van der Waals surface area (Å²) in [6.45, 7) is 2.77. The number of hydrogen-bond donors (Lipinski definition) is 1. The van der Waals surface area contributed by atoms with E-state index in [1.54, 1.807) is 27.6 Å². The molecular weight excluding hydrogens is 294 g/mol. The summed E-state index contributed by atoms with van der Waals surface area (Å²) in [6, 6.07) is 4.09. The number of aromatic nitrogens is 1. The number of fused-ring (bicyclic) bond motifs is 1. The van der Waals surface area contributed by atoms with Gasteiger partial charge in [0.25, 0.3) is 0 Å². The van der Waals surface area contributed by atoms with Crippen LogP contribution in [-0.4, -0.2) is 32.9 Å². The molecule has 0 fully saturated rings. The van der Waals surface area contributed by atoms with Crippen molar-refractivity contribution >= 4 is 10.9 Å². The average molecular weight is 319 g/mol. The Labute approximate surface area is 137 Å². The van der Waals surface area contributed by atoms with Crippen LogP contribution in [-0.2, 0) is 11.2 Å². The second kappa shape index (κ2) is 8.36. The van der Waals surface area contributed by atoms with Gasteiger partial charge in [-0.25, -0.2) is 0 Å². The van der Waals surface area contributed by atoms with Gasteiger partial charge >= 0.3 is 0 Å². The molecule has 0 spiro atoms. The van der Waals surface area contributed by atoms with Gasteiger partial charge in [0.05, 0.1) is 45.1 Å². The minimum Gasteiger partial charge on any atom is -0.502 e. The zero-order valence-electron chi connectivity index (χ0n) is 14.3. The molecule has 1 N–H and O–H groups in total. The van der Waals surface area contributed by atoms with Crippen molar-refractivity contribution in [3.63, 3.8) is 0 Å². The summed E-state index contributed by atoms with van der Waals surface area (Å²) >= 11 is 0. The first-order valence-electron chi connectivity index (χ1n) is 7.82. The molecule has 0 unspecified atom stereocenters. The van der Waals surface area contributed by atoms with Crippen LogP contribution in [0.15, 0.2) is 24.5 Å². The fraction of sp³-hybridized carbons (Fsp3) is 0.444. The van der Waals surface area contributed by atoms with E-state index in [2.05, 4.69) is 18.0 Å². The predicted molar refractivity (Wildman–Crippen MR) is 91.7 cm³/mol. The van der Waals surface area contributed by atoms with E-state index in [1.807, 2.05) is 12.1 Å². The van der Waals surface area contributed by atoms with E-state index in [0.717, 1.165) is 41.5 Å². The Hall–Kier alpha value is -2.30. The van der Waals surface area contributed by atoms with Gasteiger partial charge in [-0.2, -0.15) is 0 Å². The summed E-state index contributed by atoms with van der Waals surface area (Å²) in [4.78, 5) is 3.20. The van der Waals surface area contributed by atoms with E-state index in [-0.39, 0.29) is 0 Å². The molecule has 5 heteroatoms. The van der Waals surface area contributed by atoms with Crippen molar-refractivity contribution in [1.82, 2.24) is 4.98 Å². The minimum atomic E-state index is 0.603. The lowest BCUT2D eigenvalue weighted by atomic mass is 10.1. The molecular formula is C18H25NO4. The zero-order chi connectivity index (χ0) is 16.7. The summed E-state index contributed by atoms with van der Waals surface area (Å²) in [7, 11) is 4.92. The van der Waals surface area contributed by atoms with Crippen LogP contribution in [0.1, 0.15) is 25.3 Å². The molecule has 0 amide bonds. The Morgan fingerprint density at radius 1 is 1.04 bits per heavy atom. The van der Waals surface area contributed by atoms with E-state index in [0.29, 0.717) is 18.2 Å². The summed E-state index contributed by atoms with van der Waals surface area (Å²) in [5.74, 6) is 2.09. The smallest absolute Gasteiger partial charge is 0.235 e. The van der Waals surface area contributed by atoms with Crippen LogP contribution in [0.3, 0.4) is 0 Å². The number of allylic oxidation sites excluding steroid dienone is 1. The average Bonchev–Trinajstić information content (AvgIpc) is 2.95. The highest BCUT2D eigenvalue weighted by atomic mass is 16.5. The number of nitrogens with one attached hydrogen (secondary N) is 1. The summed E-state index contributed by atoms with van der Waals surface area (Å²) < 4.78 is 21.9. The molecule has 0 aliphatic carbocycles. The van der Waals surface area contributed by atoms with Gasteiger partial charge in [0.15, 0.2) is 5.75 Å². The minimum absolute atomic E-state index is 0.603. The largest absolute Gasteiger partial charge is 0.502 e. The molecule has 126 valence electrons. The molecule has 23 heavy (non-hydrogen) atoms. The monoisotopic (exact) mass is 319 g/mol. The number of H-pyrrole nitrogens is 1. The number of methoxy groups -OCH3 is 3. The Bertz CT molecular complexity index is 661. The van der Waals surface area contributed by atoms with Gasteiger partial charge in [-0.05, 0) is 30.9 Å². The first-order valence-corrected chi connectivity index (χ1v) is 7.82. The number of hydrogen-bond acceptors (Lipinski definition) is 4. The normalized spacial score (nSPS) is 11.1. The van der Waals surface area contributed by atoms with Crippen molar-refractivity contribution in [1.29, 1.82) is 0 Å². The molecule has 0 aliphatic heterocycles. The van der Waals surface area contributed by atoms with Crippen LogP contribution < -0.4 is 14.2 Å². The molecule has 1 aromatic carbocycles. The van der Waals surface area contributed by atoms with E-state index < -0.39 is 0 Å². The SMILES string of the molecule is CCC=COCCCc1ccc2[nH]c(OC)c(OC)c2c1OC. The highest BCUT2D eigenvalue weighted by Crippen LogP contribution is 2.42. The van der Waals surface area contributed by atoms with Crippen LogP contribution >= 0.6 is 0 Å². The van der Waals surface area contributed by atoms with Gasteiger partial charge in [-0.15, -0.1) is 0 Å². The third kappa shape index (κ3) is 3.73. The predicted octanol–water partition coefficient (Wildman–Crippen LogP) is 4.07. The number of rotatable bonds is 9. The molecule has 2 aromatic rings. The van der Waals surface area contributed by atoms with Crippen LogP contribution in [0, 0.1) is 0 Å². The second-order valence-electron chi connectivity index (χ2n) is 5.13. The third-order valence-electron chi connectivity index (χ3n) is 3.67. The molecule has 5 nitrogen and oxygen atoms in total. The first-order chi connectivity index (χ1) is 11.3. The van der Waals surface area contributed by atoms with E-state index in [9.17, 15) is 0 Å². The topological polar surface area (TPSA) is 52.7 Å². The molecule has 0 saturated heterocycles. The molecule has 0 aliphatic rings. The van der Waals surface area contributed by atoms with Gasteiger partial charge in [-0.1, -0.05) is 19.1 Å². The van der Waals surface area contributed by atoms with E-state index in [4.69, 9.17) is 18.9 Å². The molecule has 1 heterocycles. The summed E-state index contributed by atoms with van der Waals surface area (Å²) in [6.07, 6.45) is 6.54. The molecule has 0 saturated carbocycles. The maximum absolute atomic E-state index is 5.64. The quantitative estimate of drug-likeness (QED) is 0.559. The van der Waals surface area contributed by atoms with E-state index >= 15 is 0 Å². The third-order valence-corrected chi connectivity index (χ3v) is 3.67. The van der Waals surface area contributed by atoms with Gasteiger partial charge in [-0.3, -0.25) is 0 Å². The van der Waals surface area contributed by atoms with Crippen LogP contribution in [0.25, 0.3) is 10.9 Å². The van der Waals surface area contributed by atoms with Crippen LogP contribution in [0.4, 0.5) is 0 Å². The number of ether oxygens (including phenoxy) is 4. The number of aromatic amines is 1. The number of aryl methyl sites for hydroxylation is 1. The lowest BCUT2D eigenvalue weighted by Gasteiger charge is -2.11. The highest BCUT2D eigenvalue weighted by molar-refractivity contribution is 5.95. The van der Waals surface area contributed by atoms with Gasteiger partial charge in [0.2, 0.25) is 5.88 Å². The first kappa shape index (κ1) is 17.1. The number of benzene rings is 1. The molecule has 0 bridgehead atoms. The maximum atomic E-state index is 5.64. The molecule has 1 aromatic heterocycles. The maximum Gasteiger partial charge on any atom is 0.235 e. The van der Waals surface area contributed by atoms with Crippen molar-refractivity contribution in [2.45, 2.75) is 26.2 Å². The Morgan fingerprint density at radius 2 is 1.83 bits per heavy atom. The van der Waals surface area contributed by atoms with Gasteiger partial charge in [0.1, 0.15) is 5.75 Å². The Kier molecular flexibility index (Phi) is 6.20.